The van der Waals surface area contributed by atoms with Crippen molar-refractivity contribution in [2.45, 2.75) is 17.2 Å². The van der Waals surface area contributed by atoms with Crippen LogP contribution in [-0.2, 0) is 0 Å². The average Bonchev–Trinajstić information content (AvgIpc) is 2.73. The molecule has 0 amide bonds. The molecule has 1 unspecified atom stereocenters. The van der Waals surface area contributed by atoms with E-state index in [0.29, 0.717) is 5.37 Å². The molecule has 1 N–H and O–H groups in total. The maximum Gasteiger partial charge on any atom is 0.103 e. The second-order valence-corrected chi connectivity index (χ2v) is 5.20. The number of hydrogen-bond acceptors (Lipinski definition) is 2. The van der Waals surface area contributed by atoms with Crippen LogP contribution in [-0.4, -0.2) is 0 Å². The Morgan fingerprint density at radius 1 is 1.00 bits per heavy atom. The summed E-state index contributed by atoms with van der Waals surface area (Å²) >= 11 is 1.88. The molecule has 0 radical (unpaired) electrons. The van der Waals surface area contributed by atoms with Gasteiger partial charge in [-0.05, 0) is 24.6 Å². The lowest BCUT2D eigenvalue weighted by atomic mass is 10.1. The van der Waals surface area contributed by atoms with Gasteiger partial charge in [0.2, 0.25) is 0 Å². The highest BCUT2D eigenvalue weighted by Crippen LogP contribution is 2.45. The number of para-hydroxylation sites is 1. The molecule has 0 bridgehead atoms. The summed E-state index contributed by atoms with van der Waals surface area (Å²) in [7, 11) is 0. The summed E-state index contributed by atoms with van der Waals surface area (Å²) in [5.41, 5.74) is 3.90. The van der Waals surface area contributed by atoms with E-state index in [1.165, 1.54) is 21.7 Å². The first-order valence-corrected chi connectivity index (χ1v) is 6.30. The Labute approximate surface area is 99.9 Å². The minimum Gasteiger partial charge on any atom is -0.368 e. The summed E-state index contributed by atoms with van der Waals surface area (Å²) in [6.45, 7) is 2.12. The molecular weight excluding hydrogens is 214 g/mol. The summed E-state index contributed by atoms with van der Waals surface area (Å²) in [5, 5.41) is 3.89. The second-order valence-electron chi connectivity index (χ2n) is 4.05. The fourth-order valence-corrected chi connectivity index (χ4v) is 3.02. The van der Waals surface area contributed by atoms with Crippen LogP contribution in [0.2, 0.25) is 0 Å². The molecule has 0 saturated heterocycles. The van der Waals surface area contributed by atoms with Gasteiger partial charge in [-0.2, -0.15) is 0 Å². The molecule has 2 aromatic carbocycles. The lowest BCUT2D eigenvalue weighted by Gasteiger charge is -2.10. The molecule has 1 nitrogen and oxygen atoms in total. The molecule has 0 saturated carbocycles. The van der Waals surface area contributed by atoms with E-state index in [9.17, 15) is 0 Å². The fourth-order valence-electron chi connectivity index (χ4n) is 1.88. The zero-order valence-corrected chi connectivity index (χ0v) is 9.92. The zero-order chi connectivity index (χ0) is 11.0. The largest absolute Gasteiger partial charge is 0.368 e. The SMILES string of the molecule is Cc1ccc(C2Nc3ccccc3S2)cc1. The summed E-state index contributed by atoms with van der Waals surface area (Å²) in [5.74, 6) is 0. The van der Waals surface area contributed by atoms with Gasteiger partial charge in [0, 0.05) is 10.6 Å². The number of thioether (sulfide) groups is 1. The molecule has 2 heteroatoms. The molecule has 0 aromatic heterocycles. The highest BCUT2D eigenvalue weighted by Gasteiger charge is 2.21. The lowest BCUT2D eigenvalue weighted by molar-refractivity contribution is 1.13. The van der Waals surface area contributed by atoms with Gasteiger partial charge in [-0.25, -0.2) is 0 Å². The third kappa shape index (κ3) is 1.69. The molecule has 2 aromatic rings. The van der Waals surface area contributed by atoms with Crippen molar-refractivity contribution in [1.29, 1.82) is 0 Å². The monoisotopic (exact) mass is 227 g/mol. The highest BCUT2D eigenvalue weighted by molar-refractivity contribution is 8.00. The Kier molecular flexibility index (Phi) is 2.37. The van der Waals surface area contributed by atoms with E-state index in [2.05, 4.69) is 60.8 Å². The maximum atomic E-state index is 3.53. The van der Waals surface area contributed by atoms with E-state index in [4.69, 9.17) is 0 Å². The number of fused-ring (bicyclic) bond motifs is 1. The minimum atomic E-state index is 0.359. The van der Waals surface area contributed by atoms with Gasteiger partial charge < -0.3 is 5.32 Å². The number of hydrogen-bond donors (Lipinski definition) is 1. The van der Waals surface area contributed by atoms with Crippen molar-refractivity contribution in [1.82, 2.24) is 0 Å². The molecule has 1 aliphatic rings. The quantitative estimate of drug-likeness (QED) is 0.783. The number of anilines is 1. The Bertz CT molecular complexity index is 479. The van der Waals surface area contributed by atoms with Gasteiger partial charge in [-0.15, -0.1) is 0 Å². The normalized spacial score (nSPS) is 17.9. The molecule has 80 valence electrons. The molecule has 3 rings (SSSR count). The van der Waals surface area contributed by atoms with Crippen LogP contribution < -0.4 is 5.32 Å². The molecule has 16 heavy (non-hydrogen) atoms. The summed E-state index contributed by atoms with van der Waals surface area (Å²) in [4.78, 5) is 1.34. The molecule has 0 fully saturated rings. The van der Waals surface area contributed by atoms with Crippen LogP contribution >= 0.6 is 11.8 Å². The van der Waals surface area contributed by atoms with Crippen molar-refractivity contribution in [3.05, 3.63) is 59.7 Å². The third-order valence-electron chi connectivity index (χ3n) is 2.80. The first-order chi connectivity index (χ1) is 7.83. The van der Waals surface area contributed by atoms with Gasteiger partial charge >= 0.3 is 0 Å². The number of benzene rings is 2. The molecule has 0 spiro atoms. The van der Waals surface area contributed by atoms with E-state index in [1.807, 2.05) is 11.8 Å². The smallest absolute Gasteiger partial charge is 0.103 e. The standard InChI is InChI=1S/C14H13NS/c1-10-6-8-11(9-7-10)14-15-12-4-2-3-5-13(12)16-14/h2-9,14-15H,1H3. The Balaban J connectivity index is 1.88. The fraction of sp³-hybridized carbons (Fsp3) is 0.143. The van der Waals surface area contributed by atoms with Crippen LogP contribution in [0.3, 0.4) is 0 Å². The first kappa shape index (κ1) is 9.79. The second kappa shape index (κ2) is 3.87. The minimum absolute atomic E-state index is 0.359. The maximum absolute atomic E-state index is 3.53. The van der Waals surface area contributed by atoms with E-state index in [-0.39, 0.29) is 0 Å². The van der Waals surface area contributed by atoms with Gasteiger partial charge in [0.1, 0.15) is 5.37 Å². The van der Waals surface area contributed by atoms with Crippen LogP contribution in [0, 0.1) is 6.92 Å². The Hall–Kier alpha value is -1.41. The van der Waals surface area contributed by atoms with E-state index >= 15 is 0 Å². The molecule has 1 aliphatic heterocycles. The predicted octanol–water partition coefficient (Wildman–Crippen LogP) is 4.21. The van der Waals surface area contributed by atoms with Gasteiger partial charge in [0.05, 0.1) is 0 Å². The van der Waals surface area contributed by atoms with Crippen LogP contribution in [0.1, 0.15) is 16.5 Å². The van der Waals surface area contributed by atoms with Gasteiger partial charge in [-0.1, -0.05) is 53.7 Å². The van der Waals surface area contributed by atoms with E-state index < -0.39 is 0 Å². The Morgan fingerprint density at radius 2 is 1.75 bits per heavy atom. The number of aryl methyl sites for hydroxylation is 1. The molecular formula is C14H13NS. The van der Waals surface area contributed by atoms with Crippen LogP contribution in [0.25, 0.3) is 0 Å². The first-order valence-electron chi connectivity index (χ1n) is 5.42. The van der Waals surface area contributed by atoms with Crippen LogP contribution in [0.5, 0.6) is 0 Å². The Morgan fingerprint density at radius 3 is 2.50 bits per heavy atom. The molecule has 1 atom stereocenters. The van der Waals surface area contributed by atoms with Crippen molar-refractivity contribution in [3.63, 3.8) is 0 Å². The summed E-state index contributed by atoms with van der Waals surface area (Å²) in [6.07, 6.45) is 0. The van der Waals surface area contributed by atoms with Crippen LogP contribution in [0.15, 0.2) is 53.4 Å². The van der Waals surface area contributed by atoms with Gasteiger partial charge in [0.25, 0.3) is 0 Å². The van der Waals surface area contributed by atoms with Crippen molar-refractivity contribution < 1.29 is 0 Å². The molecule has 1 heterocycles. The van der Waals surface area contributed by atoms with Gasteiger partial charge in [0.15, 0.2) is 0 Å². The van der Waals surface area contributed by atoms with Crippen LogP contribution in [0.4, 0.5) is 5.69 Å². The van der Waals surface area contributed by atoms with Crippen molar-refractivity contribution in [3.8, 4) is 0 Å². The number of rotatable bonds is 1. The van der Waals surface area contributed by atoms with Crippen molar-refractivity contribution >= 4 is 17.4 Å². The summed E-state index contributed by atoms with van der Waals surface area (Å²) < 4.78 is 0. The zero-order valence-electron chi connectivity index (χ0n) is 9.10. The van der Waals surface area contributed by atoms with E-state index in [1.54, 1.807) is 0 Å². The average molecular weight is 227 g/mol. The lowest BCUT2D eigenvalue weighted by Crippen LogP contribution is -2.00. The predicted molar refractivity (Wildman–Crippen MR) is 69.8 cm³/mol. The topological polar surface area (TPSA) is 12.0 Å². The molecule has 0 aliphatic carbocycles. The summed E-state index contributed by atoms with van der Waals surface area (Å²) in [6, 6.07) is 17.2. The number of nitrogens with one attached hydrogen (secondary N) is 1. The third-order valence-corrected chi connectivity index (χ3v) is 4.03. The highest BCUT2D eigenvalue weighted by atomic mass is 32.2. The van der Waals surface area contributed by atoms with Crippen molar-refractivity contribution in [2.24, 2.45) is 0 Å². The van der Waals surface area contributed by atoms with Crippen molar-refractivity contribution in [2.75, 3.05) is 5.32 Å². The van der Waals surface area contributed by atoms with Gasteiger partial charge in [-0.3, -0.25) is 0 Å². The van der Waals surface area contributed by atoms with E-state index in [0.717, 1.165) is 0 Å².